The third-order valence-electron chi connectivity index (χ3n) is 12.4. The Morgan fingerprint density at radius 3 is 1.48 bits per heavy atom. The minimum Gasteiger partial charge on any atom is -0.309 e. The molecule has 274 valence electrons. The van der Waals surface area contributed by atoms with Crippen LogP contribution in [0.5, 0.6) is 0 Å². The highest BCUT2D eigenvalue weighted by atomic mass is 15.0. The zero-order chi connectivity index (χ0) is 38.8. The molecule has 1 nitrogen and oxygen atoms in total. The van der Waals surface area contributed by atoms with Crippen LogP contribution in [0.3, 0.4) is 0 Å². The summed E-state index contributed by atoms with van der Waals surface area (Å²) in [6.07, 6.45) is 0. The highest BCUT2D eigenvalue weighted by molar-refractivity contribution is 6.26. The molecule has 0 bridgehead atoms. The molecular weight excluding hydrogens is 699 g/mol. The van der Waals surface area contributed by atoms with Crippen LogP contribution in [0.15, 0.2) is 212 Å². The van der Waals surface area contributed by atoms with Crippen molar-refractivity contribution in [3.63, 3.8) is 0 Å². The molecule has 0 fully saturated rings. The molecular formula is C57H41N. The number of hydrogen-bond acceptors (Lipinski definition) is 0. The predicted octanol–water partition coefficient (Wildman–Crippen LogP) is 15.4. The summed E-state index contributed by atoms with van der Waals surface area (Å²) in [6, 6.07) is 78.2. The molecule has 1 aliphatic carbocycles. The number of rotatable bonds is 6. The molecule has 0 saturated heterocycles. The fourth-order valence-electron chi connectivity index (χ4n) is 9.77. The van der Waals surface area contributed by atoms with Crippen LogP contribution in [-0.2, 0) is 5.41 Å². The van der Waals surface area contributed by atoms with E-state index in [1.807, 2.05) is 0 Å². The normalized spacial score (nSPS) is 12.8. The first-order valence-corrected chi connectivity index (χ1v) is 20.3. The summed E-state index contributed by atoms with van der Waals surface area (Å²) in [5.41, 5.74) is 21.0. The average Bonchev–Trinajstić information content (AvgIpc) is 3.75. The first kappa shape index (κ1) is 34.1. The summed E-state index contributed by atoms with van der Waals surface area (Å²) in [5.74, 6) is 0. The molecule has 0 spiro atoms. The van der Waals surface area contributed by atoms with E-state index in [2.05, 4.69) is 231 Å². The highest BCUT2D eigenvalue weighted by Crippen LogP contribution is 2.54. The second-order valence-electron chi connectivity index (χ2n) is 16.0. The highest BCUT2D eigenvalue weighted by Gasteiger charge is 2.35. The van der Waals surface area contributed by atoms with Crippen molar-refractivity contribution in [1.82, 2.24) is 4.57 Å². The molecule has 1 heteroatoms. The van der Waals surface area contributed by atoms with Gasteiger partial charge in [0.25, 0.3) is 0 Å². The van der Waals surface area contributed by atoms with E-state index >= 15 is 0 Å². The maximum atomic E-state index is 2.54. The molecule has 0 atom stereocenters. The Balaban J connectivity index is 1.28. The molecule has 11 rings (SSSR count). The van der Waals surface area contributed by atoms with E-state index in [0.29, 0.717) is 0 Å². The maximum absolute atomic E-state index is 2.54. The SMILES string of the molecule is CC1(C)c2ccccc2-c2ccc(-c3cccc(-n4c5ccccc5c5c(-c6ccccc6)c(-c6ccccc6)c(-c6ccccc6)c(-c6ccccc6)c54)c3)cc21. The van der Waals surface area contributed by atoms with Crippen LogP contribution >= 0.6 is 0 Å². The number of aromatic nitrogens is 1. The molecule has 1 aliphatic rings. The van der Waals surface area contributed by atoms with Crippen LogP contribution in [0.4, 0.5) is 0 Å². The Hall–Kier alpha value is -7.22. The molecule has 0 unspecified atom stereocenters. The van der Waals surface area contributed by atoms with Gasteiger partial charge < -0.3 is 4.57 Å². The summed E-state index contributed by atoms with van der Waals surface area (Å²) in [7, 11) is 0. The quantitative estimate of drug-likeness (QED) is 0.160. The van der Waals surface area contributed by atoms with Crippen molar-refractivity contribution in [3.05, 3.63) is 223 Å². The number of nitrogens with zero attached hydrogens (tertiary/aromatic N) is 1. The molecule has 1 aromatic heterocycles. The van der Waals surface area contributed by atoms with E-state index in [-0.39, 0.29) is 5.41 Å². The lowest BCUT2D eigenvalue weighted by Crippen LogP contribution is -2.14. The monoisotopic (exact) mass is 739 g/mol. The molecule has 0 amide bonds. The number of benzene rings is 9. The van der Waals surface area contributed by atoms with E-state index in [1.54, 1.807) is 0 Å². The molecule has 58 heavy (non-hydrogen) atoms. The standard InChI is InChI=1S/C57H41N/c1-57(2)48-32-17-15-30-45(48)46-35-34-43(37-49(46)57)42-28-19-29-44(36-42)58-50-33-18-16-31-47(50)55-53(40-24-11-5-12-25-40)51(38-20-7-3-8-21-38)52(39-22-9-4-10-23-39)54(56(55)58)41-26-13-6-14-27-41/h3-37H,1-2H3. The zero-order valence-corrected chi connectivity index (χ0v) is 32.7. The minimum absolute atomic E-state index is 0.0743. The summed E-state index contributed by atoms with van der Waals surface area (Å²) in [5, 5.41) is 2.48. The van der Waals surface area contributed by atoms with Crippen molar-refractivity contribution in [2.75, 3.05) is 0 Å². The van der Waals surface area contributed by atoms with Gasteiger partial charge in [-0.3, -0.25) is 0 Å². The van der Waals surface area contributed by atoms with Crippen LogP contribution in [0, 0.1) is 0 Å². The molecule has 0 saturated carbocycles. The van der Waals surface area contributed by atoms with Gasteiger partial charge in [0.2, 0.25) is 0 Å². The van der Waals surface area contributed by atoms with Crippen molar-refractivity contribution in [3.8, 4) is 72.4 Å². The van der Waals surface area contributed by atoms with Crippen LogP contribution in [0.2, 0.25) is 0 Å². The molecule has 0 radical (unpaired) electrons. The van der Waals surface area contributed by atoms with Gasteiger partial charge in [0, 0.05) is 38.6 Å². The summed E-state index contributed by atoms with van der Waals surface area (Å²) < 4.78 is 2.54. The summed E-state index contributed by atoms with van der Waals surface area (Å²) in [4.78, 5) is 0. The lowest BCUT2D eigenvalue weighted by molar-refractivity contribution is 0.660. The van der Waals surface area contributed by atoms with Gasteiger partial charge in [-0.15, -0.1) is 0 Å². The fourth-order valence-corrected chi connectivity index (χ4v) is 9.77. The fraction of sp³-hybridized carbons (Fsp3) is 0.0526. The summed E-state index contributed by atoms with van der Waals surface area (Å²) in [6.45, 7) is 4.72. The van der Waals surface area contributed by atoms with Gasteiger partial charge in [-0.05, 0) is 85.5 Å². The van der Waals surface area contributed by atoms with Crippen LogP contribution < -0.4 is 0 Å². The Kier molecular flexibility index (Phi) is 7.91. The minimum atomic E-state index is -0.0743. The van der Waals surface area contributed by atoms with Crippen molar-refractivity contribution < 1.29 is 0 Å². The van der Waals surface area contributed by atoms with Gasteiger partial charge in [-0.1, -0.05) is 202 Å². The van der Waals surface area contributed by atoms with Gasteiger partial charge in [0.15, 0.2) is 0 Å². The largest absolute Gasteiger partial charge is 0.309 e. The lowest BCUT2D eigenvalue weighted by Gasteiger charge is -2.24. The van der Waals surface area contributed by atoms with Crippen LogP contribution in [0.1, 0.15) is 25.0 Å². The van der Waals surface area contributed by atoms with E-state index in [9.17, 15) is 0 Å². The topological polar surface area (TPSA) is 4.93 Å². The number of para-hydroxylation sites is 1. The van der Waals surface area contributed by atoms with Gasteiger partial charge in [-0.2, -0.15) is 0 Å². The zero-order valence-electron chi connectivity index (χ0n) is 32.7. The molecule has 0 N–H and O–H groups in total. The van der Waals surface area contributed by atoms with Crippen LogP contribution in [-0.4, -0.2) is 4.57 Å². The first-order valence-electron chi connectivity index (χ1n) is 20.3. The summed E-state index contributed by atoms with van der Waals surface area (Å²) >= 11 is 0. The Bertz CT molecular complexity index is 3150. The third kappa shape index (κ3) is 5.24. The van der Waals surface area contributed by atoms with Crippen molar-refractivity contribution >= 4 is 21.8 Å². The second kappa shape index (κ2) is 13.5. The van der Waals surface area contributed by atoms with Gasteiger partial charge >= 0.3 is 0 Å². The van der Waals surface area contributed by atoms with Crippen molar-refractivity contribution in [2.24, 2.45) is 0 Å². The maximum Gasteiger partial charge on any atom is 0.0632 e. The molecule has 10 aromatic rings. The first-order chi connectivity index (χ1) is 28.6. The van der Waals surface area contributed by atoms with E-state index < -0.39 is 0 Å². The molecule has 9 aromatic carbocycles. The van der Waals surface area contributed by atoms with Crippen molar-refractivity contribution in [2.45, 2.75) is 19.3 Å². The van der Waals surface area contributed by atoms with Gasteiger partial charge in [0.1, 0.15) is 0 Å². The van der Waals surface area contributed by atoms with Crippen molar-refractivity contribution in [1.29, 1.82) is 0 Å². The van der Waals surface area contributed by atoms with E-state index in [0.717, 1.165) is 5.69 Å². The number of hydrogen-bond donors (Lipinski definition) is 0. The Morgan fingerprint density at radius 2 is 0.828 bits per heavy atom. The third-order valence-corrected chi connectivity index (χ3v) is 12.4. The van der Waals surface area contributed by atoms with Gasteiger partial charge in [0.05, 0.1) is 11.0 Å². The molecule has 0 aliphatic heterocycles. The van der Waals surface area contributed by atoms with E-state index in [4.69, 9.17) is 0 Å². The lowest BCUT2D eigenvalue weighted by atomic mass is 9.80. The predicted molar refractivity (Wildman–Crippen MR) is 246 cm³/mol. The van der Waals surface area contributed by atoms with E-state index in [1.165, 1.54) is 99.7 Å². The van der Waals surface area contributed by atoms with Gasteiger partial charge in [-0.25, -0.2) is 0 Å². The molecule has 1 heterocycles. The second-order valence-corrected chi connectivity index (χ2v) is 16.0. The smallest absolute Gasteiger partial charge is 0.0632 e. The average molecular weight is 740 g/mol. The Labute approximate surface area is 340 Å². The Morgan fingerprint density at radius 1 is 0.345 bits per heavy atom. The number of fused-ring (bicyclic) bond motifs is 6. The van der Waals surface area contributed by atoms with Crippen LogP contribution in [0.25, 0.3) is 94.3 Å².